The van der Waals surface area contributed by atoms with Gasteiger partial charge >= 0.3 is 0 Å². The fourth-order valence-corrected chi connectivity index (χ4v) is 1.17. The molecule has 1 heterocycles. The lowest BCUT2D eigenvalue weighted by Crippen LogP contribution is -1.96. The fourth-order valence-electron chi connectivity index (χ4n) is 0.787. The number of pyridine rings is 1. The number of aryl methyl sites for hydroxylation is 1. The van der Waals surface area contributed by atoms with Crippen molar-refractivity contribution in [2.75, 3.05) is 0 Å². The predicted octanol–water partition coefficient (Wildman–Crippen LogP) is 3.23. The molecule has 0 unspecified atom stereocenters. The lowest BCUT2D eigenvalue weighted by molar-refractivity contribution is 0.149. The number of hydrogen-bond donors (Lipinski definition) is 0. The van der Waals surface area contributed by atoms with Crippen LogP contribution in [0.4, 0.5) is 13.2 Å². The second-order valence-electron chi connectivity index (χ2n) is 2.24. The van der Waals surface area contributed by atoms with Gasteiger partial charge in [-0.2, -0.15) is 0 Å². The predicted molar refractivity (Wildman–Crippen MR) is 41.6 cm³/mol. The van der Waals surface area contributed by atoms with Crippen LogP contribution in [0.25, 0.3) is 0 Å². The number of rotatable bonds is 1. The van der Waals surface area contributed by atoms with E-state index in [1.54, 1.807) is 0 Å². The van der Waals surface area contributed by atoms with Crippen molar-refractivity contribution in [3.8, 4) is 0 Å². The van der Waals surface area contributed by atoms with Gasteiger partial charge in [0.25, 0.3) is 6.43 Å². The summed E-state index contributed by atoms with van der Waals surface area (Å²) < 4.78 is 36.9. The van der Waals surface area contributed by atoms with Crippen LogP contribution in [0.1, 0.15) is 17.7 Å². The molecule has 0 spiro atoms. The quantitative estimate of drug-likeness (QED) is 0.686. The molecule has 0 fully saturated rings. The first-order chi connectivity index (χ1) is 5.52. The minimum atomic E-state index is -2.68. The number of alkyl halides is 2. The Balaban J connectivity index is 3.23. The summed E-state index contributed by atoms with van der Waals surface area (Å²) in [6.07, 6.45) is -2.68. The topological polar surface area (TPSA) is 12.9 Å². The average molecular weight is 240 g/mol. The molecule has 0 N–H and O–H groups in total. The molecule has 1 aromatic heterocycles. The molecular weight excluding hydrogens is 235 g/mol. The molecule has 0 aliphatic carbocycles. The first-order valence-electron chi connectivity index (χ1n) is 3.13. The third-order valence-corrected chi connectivity index (χ3v) is 1.95. The van der Waals surface area contributed by atoms with Gasteiger partial charge in [0.2, 0.25) is 0 Å². The first-order valence-corrected chi connectivity index (χ1v) is 3.92. The molecule has 0 bridgehead atoms. The van der Waals surface area contributed by atoms with E-state index in [1.165, 1.54) is 6.92 Å². The molecule has 0 radical (unpaired) electrons. The number of nitrogens with zero attached hydrogens (tertiary/aromatic N) is 1. The summed E-state index contributed by atoms with van der Waals surface area (Å²) in [7, 11) is 0. The molecule has 0 aliphatic heterocycles. The van der Waals surface area contributed by atoms with Crippen molar-refractivity contribution in [3.63, 3.8) is 0 Å². The molecule has 1 aromatic rings. The van der Waals surface area contributed by atoms with E-state index in [0.717, 1.165) is 6.07 Å². The summed E-state index contributed by atoms with van der Waals surface area (Å²) in [5, 5.41) is 0. The molecule has 0 aromatic carbocycles. The Hall–Kier alpha value is -0.580. The van der Waals surface area contributed by atoms with Gasteiger partial charge in [0.05, 0.1) is 0 Å². The average Bonchev–Trinajstić information content (AvgIpc) is 1.96. The molecule has 0 aliphatic rings. The Kier molecular flexibility index (Phi) is 2.72. The zero-order valence-corrected chi connectivity index (χ0v) is 7.70. The highest BCUT2D eigenvalue weighted by Gasteiger charge is 2.14. The Morgan fingerprint density at radius 2 is 2.08 bits per heavy atom. The third kappa shape index (κ3) is 1.77. The van der Waals surface area contributed by atoms with Crippen LogP contribution in [0.3, 0.4) is 0 Å². The fraction of sp³-hybridized carbons (Fsp3) is 0.286. The molecule has 5 heteroatoms. The van der Waals surface area contributed by atoms with E-state index < -0.39 is 12.2 Å². The third-order valence-electron chi connectivity index (χ3n) is 1.40. The maximum Gasteiger partial charge on any atom is 0.265 e. The van der Waals surface area contributed by atoms with E-state index >= 15 is 0 Å². The van der Waals surface area contributed by atoms with Crippen molar-refractivity contribution in [1.29, 1.82) is 0 Å². The smallest absolute Gasteiger partial charge is 0.243 e. The summed E-state index contributed by atoms with van der Waals surface area (Å²) in [5.41, 5.74) is -0.228. The van der Waals surface area contributed by atoms with Crippen LogP contribution >= 0.6 is 15.9 Å². The van der Waals surface area contributed by atoms with E-state index in [1.807, 2.05) is 0 Å². The van der Waals surface area contributed by atoms with Gasteiger partial charge < -0.3 is 0 Å². The van der Waals surface area contributed by atoms with Crippen LogP contribution in [-0.4, -0.2) is 4.98 Å². The normalized spacial score (nSPS) is 10.8. The minimum absolute atomic E-state index is 0.0376. The van der Waals surface area contributed by atoms with Crippen molar-refractivity contribution in [2.45, 2.75) is 13.3 Å². The first kappa shape index (κ1) is 9.51. The summed E-state index contributed by atoms with van der Waals surface area (Å²) in [6.45, 7) is 1.41. The van der Waals surface area contributed by atoms with Crippen LogP contribution < -0.4 is 0 Å². The van der Waals surface area contributed by atoms with E-state index in [2.05, 4.69) is 20.9 Å². The van der Waals surface area contributed by atoms with Crippen molar-refractivity contribution in [1.82, 2.24) is 4.98 Å². The highest BCUT2D eigenvalue weighted by atomic mass is 79.9. The summed E-state index contributed by atoms with van der Waals surface area (Å²) in [5.74, 6) is -0.768. The summed E-state index contributed by atoms with van der Waals surface area (Å²) in [6, 6.07) is 0.789. The lowest BCUT2D eigenvalue weighted by Gasteiger charge is -2.04. The van der Waals surface area contributed by atoms with Crippen LogP contribution in [0.15, 0.2) is 10.7 Å². The van der Waals surface area contributed by atoms with E-state index in [0.29, 0.717) is 0 Å². The van der Waals surface area contributed by atoms with Gasteiger partial charge in [0.15, 0.2) is 5.82 Å². The van der Waals surface area contributed by atoms with Crippen LogP contribution in [0.2, 0.25) is 0 Å². The highest BCUT2D eigenvalue weighted by Crippen LogP contribution is 2.24. The molecule has 12 heavy (non-hydrogen) atoms. The number of hydrogen-bond acceptors (Lipinski definition) is 1. The van der Waals surface area contributed by atoms with Crippen molar-refractivity contribution in [3.05, 3.63) is 27.7 Å². The van der Waals surface area contributed by atoms with Crippen molar-refractivity contribution in [2.24, 2.45) is 0 Å². The molecule has 1 rings (SSSR count). The maximum atomic E-state index is 12.7. The van der Waals surface area contributed by atoms with Crippen molar-refractivity contribution < 1.29 is 13.2 Å². The van der Waals surface area contributed by atoms with Gasteiger partial charge in [-0.1, -0.05) is 0 Å². The van der Waals surface area contributed by atoms with Crippen molar-refractivity contribution >= 4 is 15.9 Å². The zero-order chi connectivity index (χ0) is 9.30. The summed E-state index contributed by atoms with van der Waals surface area (Å²) in [4.78, 5) is 3.56. The molecular formula is C7H5BrF3N. The van der Waals surface area contributed by atoms with Gasteiger partial charge in [-0.25, -0.2) is 18.2 Å². The monoisotopic (exact) mass is 239 g/mol. The number of halogens is 4. The molecule has 0 atom stereocenters. The maximum absolute atomic E-state index is 12.7. The van der Waals surface area contributed by atoms with Crippen LogP contribution in [-0.2, 0) is 0 Å². The second-order valence-corrected chi connectivity index (χ2v) is 2.99. The van der Waals surface area contributed by atoms with Gasteiger partial charge in [0.1, 0.15) is 4.60 Å². The van der Waals surface area contributed by atoms with Gasteiger partial charge in [-0.15, -0.1) is 0 Å². The largest absolute Gasteiger partial charge is 0.265 e. The van der Waals surface area contributed by atoms with E-state index in [4.69, 9.17) is 0 Å². The minimum Gasteiger partial charge on any atom is -0.243 e. The molecule has 1 nitrogen and oxygen atoms in total. The molecule has 0 saturated heterocycles. The zero-order valence-electron chi connectivity index (χ0n) is 6.11. The van der Waals surface area contributed by atoms with Crippen LogP contribution in [0.5, 0.6) is 0 Å². The second kappa shape index (κ2) is 3.43. The van der Waals surface area contributed by atoms with Gasteiger partial charge in [0, 0.05) is 11.3 Å². The SMILES string of the molecule is Cc1nc(Br)c(F)cc1C(F)F. The van der Waals surface area contributed by atoms with Gasteiger partial charge in [-0.05, 0) is 28.9 Å². The Bertz CT molecular complexity index is 301. The Morgan fingerprint density at radius 3 is 2.58 bits per heavy atom. The molecule has 0 saturated carbocycles. The van der Waals surface area contributed by atoms with E-state index in [9.17, 15) is 13.2 Å². The van der Waals surface area contributed by atoms with Crippen LogP contribution in [0, 0.1) is 12.7 Å². The molecule has 66 valence electrons. The van der Waals surface area contributed by atoms with E-state index in [-0.39, 0.29) is 15.9 Å². The standard InChI is InChI=1S/C7H5BrF3N/c1-3-4(7(10)11)2-5(9)6(8)12-3/h2,7H,1H3. The highest BCUT2D eigenvalue weighted by molar-refractivity contribution is 9.10. The Labute approximate surface area is 75.7 Å². The lowest BCUT2D eigenvalue weighted by atomic mass is 10.2. The number of aromatic nitrogens is 1. The Morgan fingerprint density at radius 1 is 1.50 bits per heavy atom. The molecule has 0 amide bonds. The summed E-state index contributed by atoms with van der Waals surface area (Å²) >= 11 is 2.80. The van der Waals surface area contributed by atoms with Gasteiger partial charge in [-0.3, -0.25) is 0 Å².